The molecule has 19 heavy (non-hydrogen) atoms. The fourth-order valence-corrected chi connectivity index (χ4v) is 2.01. The van der Waals surface area contributed by atoms with Gasteiger partial charge < -0.3 is 10.5 Å². The summed E-state index contributed by atoms with van der Waals surface area (Å²) in [6.07, 6.45) is 0.686. The number of nitrogens with zero attached hydrogens (tertiary/aromatic N) is 2. The number of nitrogens with two attached hydrogens (primary N) is 1. The second kappa shape index (κ2) is 5.84. The number of hydrogen-bond donors (Lipinski definition) is 1. The Bertz CT molecular complexity index is 549. The minimum absolute atomic E-state index is 0.262. The van der Waals surface area contributed by atoms with Gasteiger partial charge in [0.25, 0.3) is 0 Å². The zero-order valence-corrected chi connectivity index (χ0v) is 11.2. The highest BCUT2D eigenvalue weighted by Crippen LogP contribution is 2.29. The molecule has 1 aromatic heterocycles. The quantitative estimate of drug-likeness (QED) is 0.843. The van der Waals surface area contributed by atoms with Crippen LogP contribution in [0.15, 0.2) is 24.3 Å². The highest BCUT2D eigenvalue weighted by atomic mass is 19.1. The van der Waals surface area contributed by atoms with E-state index in [1.165, 1.54) is 12.1 Å². The summed E-state index contributed by atoms with van der Waals surface area (Å²) in [6, 6.07) is 6.28. The number of rotatable bonds is 5. The monoisotopic (exact) mass is 263 g/mol. The van der Waals surface area contributed by atoms with Gasteiger partial charge in [0, 0.05) is 25.6 Å². The van der Waals surface area contributed by atoms with E-state index in [0.717, 1.165) is 16.8 Å². The summed E-state index contributed by atoms with van der Waals surface area (Å²) in [5.74, 6) is 0.320. The van der Waals surface area contributed by atoms with Crippen LogP contribution >= 0.6 is 0 Å². The predicted octanol–water partition coefficient (Wildman–Crippen LogP) is 2.39. The SMILES string of the molecule is CCOCCc1nn(C)c(N)c1-c1ccc(F)cc1. The molecular formula is C14H18FN3O. The molecule has 0 spiro atoms. The second-order valence-electron chi connectivity index (χ2n) is 4.28. The summed E-state index contributed by atoms with van der Waals surface area (Å²) in [7, 11) is 1.80. The summed E-state index contributed by atoms with van der Waals surface area (Å²) in [5, 5.41) is 4.40. The first-order chi connectivity index (χ1) is 9.13. The fourth-order valence-electron chi connectivity index (χ4n) is 2.01. The van der Waals surface area contributed by atoms with Crippen molar-refractivity contribution in [3.63, 3.8) is 0 Å². The van der Waals surface area contributed by atoms with E-state index in [-0.39, 0.29) is 5.82 Å². The van der Waals surface area contributed by atoms with E-state index in [4.69, 9.17) is 10.5 Å². The molecule has 0 fully saturated rings. The van der Waals surface area contributed by atoms with Crippen molar-refractivity contribution >= 4 is 5.82 Å². The summed E-state index contributed by atoms with van der Waals surface area (Å²) in [6.45, 7) is 3.23. The molecule has 0 unspecified atom stereocenters. The van der Waals surface area contributed by atoms with Gasteiger partial charge in [0.2, 0.25) is 0 Å². The Balaban J connectivity index is 2.34. The van der Waals surface area contributed by atoms with Crippen LogP contribution < -0.4 is 5.73 Å². The summed E-state index contributed by atoms with van der Waals surface area (Å²) >= 11 is 0. The van der Waals surface area contributed by atoms with Crippen LogP contribution in [0.1, 0.15) is 12.6 Å². The minimum atomic E-state index is -0.262. The molecule has 0 radical (unpaired) electrons. The first-order valence-electron chi connectivity index (χ1n) is 6.28. The fraction of sp³-hybridized carbons (Fsp3) is 0.357. The molecule has 0 amide bonds. The molecule has 1 aromatic carbocycles. The molecule has 5 heteroatoms. The first kappa shape index (κ1) is 13.5. The lowest BCUT2D eigenvalue weighted by Crippen LogP contribution is -2.00. The Morgan fingerprint density at radius 2 is 2.00 bits per heavy atom. The Hall–Kier alpha value is -1.88. The lowest BCUT2D eigenvalue weighted by molar-refractivity contribution is 0.150. The number of nitrogen functional groups attached to an aromatic ring is 1. The van der Waals surface area contributed by atoms with Gasteiger partial charge in [0.1, 0.15) is 11.6 Å². The van der Waals surface area contributed by atoms with Crippen LogP contribution in [-0.4, -0.2) is 23.0 Å². The topological polar surface area (TPSA) is 53.1 Å². The van der Waals surface area contributed by atoms with Gasteiger partial charge in [-0.1, -0.05) is 12.1 Å². The summed E-state index contributed by atoms with van der Waals surface area (Å²) in [4.78, 5) is 0. The molecule has 0 aliphatic rings. The zero-order valence-electron chi connectivity index (χ0n) is 11.2. The Morgan fingerprint density at radius 3 is 2.63 bits per heavy atom. The van der Waals surface area contributed by atoms with Gasteiger partial charge in [-0.2, -0.15) is 5.10 Å². The normalized spacial score (nSPS) is 10.9. The molecule has 0 atom stereocenters. The van der Waals surface area contributed by atoms with Crippen molar-refractivity contribution in [2.45, 2.75) is 13.3 Å². The van der Waals surface area contributed by atoms with Gasteiger partial charge in [0.05, 0.1) is 12.3 Å². The molecule has 0 bridgehead atoms. The third kappa shape index (κ3) is 2.93. The van der Waals surface area contributed by atoms with E-state index in [1.54, 1.807) is 23.9 Å². The number of ether oxygens (including phenoxy) is 1. The predicted molar refractivity (Wildman–Crippen MR) is 73.2 cm³/mol. The third-order valence-electron chi connectivity index (χ3n) is 2.98. The van der Waals surface area contributed by atoms with Crippen molar-refractivity contribution in [3.05, 3.63) is 35.8 Å². The highest BCUT2D eigenvalue weighted by Gasteiger charge is 2.15. The van der Waals surface area contributed by atoms with Crippen LogP contribution in [0.3, 0.4) is 0 Å². The number of aryl methyl sites for hydroxylation is 1. The van der Waals surface area contributed by atoms with Crippen molar-refractivity contribution in [2.24, 2.45) is 7.05 Å². The lowest BCUT2D eigenvalue weighted by atomic mass is 10.0. The van der Waals surface area contributed by atoms with Crippen molar-refractivity contribution < 1.29 is 9.13 Å². The maximum atomic E-state index is 13.0. The summed E-state index contributed by atoms with van der Waals surface area (Å²) in [5.41, 5.74) is 8.66. The molecule has 1 heterocycles. The van der Waals surface area contributed by atoms with Crippen molar-refractivity contribution in [1.82, 2.24) is 9.78 Å². The third-order valence-corrected chi connectivity index (χ3v) is 2.98. The van der Waals surface area contributed by atoms with E-state index in [0.29, 0.717) is 25.5 Å². The highest BCUT2D eigenvalue weighted by molar-refractivity contribution is 5.76. The van der Waals surface area contributed by atoms with Crippen LogP contribution in [0.25, 0.3) is 11.1 Å². The van der Waals surface area contributed by atoms with Crippen molar-refractivity contribution in [1.29, 1.82) is 0 Å². The minimum Gasteiger partial charge on any atom is -0.383 e. The second-order valence-corrected chi connectivity index (χ2v) is 4.28. The molecule has 0 saturated carbocycles. The van der Waals surface area contributed by atoms with Crippen LogP contribution in [0.2, 0.25) is 0 Å². The van der Waals surface area contributed by atoms with E-state index in [1.807, 2.05) is 6.92 Å². The lowest BCUT2D eigenvalue weighted by Gasteiger charge is -2.04. The molecule has 2 rings (SSSR count). The Kier molecular flexibility index (Phi) is 4.16. The zero-order chi connectivity index (χ0) is 13.8. The van der Waals surface area contributed by atoms with Crippen molar-refractivity contribution in [2.75, 3.05) is 18.9 Å². The maximum Gasteiger partial charge on any atom is 0.129 e. The van der Waals surface area contributed by atoms with Crippen LogP contribution in [-0.2, 0) is 18.2 Å². The largest absolute Gasteiger partial charge is 0.383 e. The van der Waals surface area contributed by atoms with Gasteiger partial charge in [0.15, 0.2) is 0 Å². The van der Waals surface area contributed by atoms with Gasteiger partial charge in [-0.25, -0.2) is 4.39 Å². The molecule has 102 valence electrons. The molecule has 4 nitrogen and oxygen atoms in total. The Morgan fingerprint density at radius 1 is 1.32 bits per heavy atom. The molecule has 0 aliphatic carbocycles. The average molecular weight is 263 g/mol. The maximum absolute atomic E-state index is 13.0. The van der Waals surface area contributed by atoms with Gasteiger partial charge >= 0.3 is 0 Å². The van der Waals surface area contributed by atoms with E-state index in [9.17, 15) is 4.39 Å². The van der Waals surface area contributed by atoms with Crippen LogP contribution in [0, 0.1) is 5.82 Å². The number of anilines is 1. The average Bonchev–Trinajstić information content (AvgIpc) is 2.67. The van der Waals surface area contributed by atoms with Gasteiger partial charge in [-0.15, -0.1) is 0 Å². The molecule has 0 saturated heterocycles. The van der Waals surface area contributed by atoms with Gasteiger partial charge in [-0.05, 0) is 24.6 Å². The Labute approximate surface area is 112 Å². The molecule has 0 aliphatic heterocycles. The molecule has 2 aromatic rings. The van der Waals surface area contributed by atoms with E-state index in [2.05, 4.69) is 5.10 Å². The standard InChI is InChI=1S/C14H18FN3O/c1-3-19-9-8-12-13(14(16)18(2)17-12)10-4-6-11(15)7-5-10/h4-7H,3,8-9,16H2,1-2H3. The number of benzene rings is 1. The number of halogens is 1. The first-order valence-corrected chi connectivity index (χ1v) is 6.28. The number of hydrogen-bond acceptors (Lipinski definition) is 3. The van der Waals surface area contributed by atoms with Crippen LogP contribution in [0.5, 0.6) is 0 Å². The molecular weight excluding hydrogens is 245 g/mol. The molecule has 2 N–H and O–H groups in total. The van der Waals surface area contributed by atoms with Crippen molar-refractivity contribution in [3.8, 4) is 11.1 Å². The number of aromatic nitrogens is 2. The van der Waals surface area contributed by atoms with E-state index < -0.39 is 0 Å². The van der Waals surface area contributed by atoms with Gasteiger partial charge in [-0.3, -0.25) is 4.68 Å². The van der Waals surface area contributed by atoms with E-state index >= 15 is 0 Å². The smallest absolute Gasteiger partial charge is 0.129 e. The summed E-state index contributed by atoms with van der Waals surface area (Å²) < 4.78 is 20.0. The van der Waals surface area contributed by atoms with Crippen LogP contribution in [0.4, 0.5) is 10.2 Å².